The van der Waals surface area contributed by atoms with Gasteiger partial charge in [-0.05, 0) is 91.3 Å². The van der Waals surface area contributed by atoms with Gasteiger partial charge in [-0.2, -0.15) is 0 Å². The van der Waals surface area contributed by atoms with Crippen molar-refractivity contribution in [3.63, 3.8) is 0 Å². The van der Waals surface area contributed by atoms with Crippen LogP contribution in [0, 0.1) is 46.3 Å². The molecule has 3 nitrogen and oxygen atoms in total. The Morgan fingerprint density at radius 2 is 1.70 bits per heavy atom. The molecule has 4 rings (SSSR count). The third-order valence-electron chi connectivity index (χ3n) is 10.3. The maximum absolute atomic E-state index is 11.3. The molecule has 0 unspecified atom stereocenters. The Balaban J connectivity index is 0.00000256. The molecule has 0 aromatic heterocycles. The molecule has 4 aliphatic carbocycles. The van der Waals surface area contributed by atoms with Crippen molar-refractivity contribution in [2.75, 3.05) is 0 Å². The normalized spacial score (nSPS) is 46.3. The Kier molecular flexibility index (Phi) is 7.17. The first-order chi connectivity index (χ1) is 13.7. The van der Waals surface area contributed by atoms with E-state index in [-0.39, 0.29) is 23.1 Å². The summed E-state index contributed by atoms with van der Waals surface area (Å²) in [7, 11) is 0. The number of aliphatic hydroxyl groups is 2. The van der Waals surface area contributed by atoms with Crippen molar-refractivity contribution in [1.29, 1.82) is 0 Å². The van der Waals surface area contributed by atoms with E-state index in [1.54, 1.807) is 0 Å². The molecule has 0 radical (unpaired) electrons. The molecule has 174 valence electrons. The summed E-state index contributed by atoms with van der Waals surface area (Å²) in [5.41, 5.74) is 1.99. The van der Waals surface area contributed by atoms with E-state index < -0.39 is 0 Å². The first kappa shape index (κ1) is 24.3. The maximum atomic E-state index is 11.3. The Bertz CT molecular complexity index is 628. The molecule has 0 heterocycles. The van der Waals surface area contributed by atoms with Crippen molar-refractivity contribution in [2.45, 2.75) is 111 Å². The highest BCUT2D eigenvalue weighted by Gasteiger charge is 2.61. The summed E-state index contributed by atoms with van der Waals surface area (Å²) in [5, 5.41) is 21.5. The largest absolute Gasteiger partial charge is 0.412 e. The van der Waals surface area contributed by atoms with E-state index in [1.807, 2.05) is 0 Å². The molecule has 3 heteroatoms. The van der Waals surface area contributed by atoms with E-state index in [0.717, 1.165) is 37.0 Å². The molecule has 3 fully saturated rings. The van der Waals surface area contributed by atoms with Crippen LogP contribution in [0.15, 0.2) is 11.6 Å². The lowest BCUT2D eigenvalue weighted by molar-refractivity contribution is -0.0970. The van der Waals surface area contributed by atoms with Crippen LogP contribution in [0.5, 0.6) is 0 Å². The summed E-state index contributed by atoms with van der Waals surface area (Å²) in [5.74, 6) is 4.18. The molecular weight excluding hydrogens is 372 g/mol. The van der Waals surface area contributed by atoms with Gasteiger partial charge in [0, 0.05) is 0 Å². The predicted molar refractivity (Wildman–Crippen MR) is 124 cm³/mol. The average molecular weight is 421 g/mol. The van der Waals surface area contributed by atoms with Crippen molar-refractivity contribution < 1.29 is 15.7 Å². The summed E-state index contributed by atoms with van der Waals surface area (Å²) >= 11 is 0. The standard InChI is InChI=1S/C27H46O2.H2O/c1-17(2)7-6-8-18(3)21-9-10-22-25-23(12-14-27(21,22)5)26(4)13-11-20(28)15-19(26)16-24(25)29;/h16-18,20-25,28-29H,6-15H2,1-5H3;1H2/t18-,20+,21-,22+,23+,24+,25+,26+,27-;/m1./s1. The fourth-order valence-corrected chi connectivity index (χ4v) is 8.65. The molecule has 0 spiro atoms. The van der Waals surface area contributed by atoms with E-state index in [9.17, 15) is 10.2 Å². The number of hydrogen-bond acceptors (Lipinski definition) is 2. The molecule has 4 N–H and O–H groups in total. The topological polar surface area (TPSA) is 72.0 Å². The molecular formula is C27H48O3. The van der Waals surface area contributed by atoms with Gasteiger partial charge in [0.1, 0.15) is 0 Å². The van der Waals surface area contributed by atoms with E-state index >= 15 is 0 Å². The van der Waals surface area contributed by atoms with E-state index in [2.05, 4.69) is 40.7 Å². The summed E-state index contributed by atoms with van der Waals surface area (Å²) in [6.07, 6.45) is 13.9. The van der Waals surface area contributed by atoms with Gasteiger partial charge in [-0.1, -0.05) is 65.5 Å². The Morgan fingerprint density at radius 1 is 0.967 bits per heavy atom. The molecule has 30 heavy (non-hydrogen) atoms. The highest BCUT2D eigenvalue weighted by atomic mass is 16.3. The summed E-state index contributed by atoms with van der Waals surface area (Å²) in [4.78, 5) is 0. The van der Waals surface area contributed by atoms with Gasteiger partial charge in [0.05, 0.1) is 12.2 Å². The predicted octanol–water partition coefficient (Wildman–Crippen LogP) is 5.53. The minimum atomic E-state index is -0.298. The zero-order valence-corrected chi connectivity index (χ0v) is 20.2. The lowest BCUT2D eigenvalue weighted by atomic mass is 9.46. The van der Waals surface area contributed by atoms with Crippen LogP contribution in [-0.4, -0.2) is 27.9 Å². The van der Waals surface area contributed by atoms with Gasteiger partial charge in [-0.3, -0.25) is 0 Å². The van der Waals surface area contributed by atoms with Crippen molar-refractivity contribution in [3.05, 3.63) is 11.6 Å². The fourth-order valence-electron chi connectivity index (χ4n) is 8.65. The first-order valence-corrected chi connectivity index (χ1v) is 12.7. The van der Waals surface area contributed by atoms with Gasteiger partial charge in [0.2, 0.25) is 0 Å². The van der Waals surface area contributed by atoms with Gasteiger partial charge >= 0.3 is 0 Å². The molecule has 4 aliphatic rings. The summed E-state index contributed by atoms with van der Waals surface area (Å²) in [6.45, 7) is 12.2. The second-order valence-electron chi connectivity index (χ2n) is 12.3. The maximum Gasteiger partial charge on any atom is 0.0757 e. The van der Waals surface area contributed by atoms with E-state index in [1.165, 1.54) is 50.5 Å². The highest BCUT2D eigenvalue weighted by Crippen LogP contribution is 2.67. The molecule has 0 amide bonds. The SMILES string of the molecule is CC(C)CCC[C@@H](C)[C@H]1CC[C@H]2[C@@H]3[C@@H](O)C=C4C[C@@H](O)CC[C@]4(C)[C@H]3CC[C@]12C.O. The first-order valence-electron chi connectivity index (χ1n) is 12.7. The van der Waals surface area contributed by atoms with Gasteiger partial charge < -0.3 is 15.7 Å². The quantitative estimate of drug-likeness (QED) is 0.574. The minimum Gasteiger partial charge on any atom is -0.412 e. The van der Waals surface area contributed by atoms with Crippen molar-refractivity contribution in [2.24, 2.45) is 46.3 Å². The third-order valence-corrected chi connectivity index (χ3v) is 10.3. The van der Waals surface area contributed by atoms with Crippen molar-refractivity contribution >= 4 is 0 Å². The van der Waals surface area contributed by atoms with Crippen LogP contribution in [0.4, 0.5) is 0 Å². The van der Waals surface area contributed by atoms with Crippen LogP contribution in [0.25, 0.3) is 0 Å². The van der Waals surface area contributed by atoms with Crippen LogP contribution in [0.2, 0.25) is 0 Å². The van der Waals surface area contributed by atoms with E-state index in [4.69, 9.17) is 0 Å². The van der Waals surface area contributed by atoms with Crippen LogP contribution < -0.4 is 0 Å². The number of hydrogen-bond donors (Lipinski definition) is 2. The number of aliphatic hydroxyl groups excluding tert-OH is 2. The minimum absolute atomic E-state index is 0. The second-order valence-corrected chi connectivity index (χ2v) is 12.3. The number of fused-ring (bicyclic) bond motifs is 5. The highest BCUT2D eigenvalue weighted by molar-refractivity contribution is 5.27. The second kappa shape index (κ2) is 8.87. The molecule has 9 atom stereocenters. The summed E-state index contributed by atoms with van der Waals surface area (Å²) < 4.78 is 0. The van der Waals surface area contributed by atoms with Gasteiger partial charge in [-0.25, -0.2) is 0 Å². The summed E-state index contributed by atoms with van der Waals surface area (Å²) in [6, 6.07) is 0. The Morgan fingerprint density at radius 3 is 2.40 bits per heavy atom. The fraction of sp³-hybridized carbons (Fsp3) is 0.926. The molecule has 0 aromatic carbocycles. The van der Waals surface area contributed by atoms with Crippen LogP contribution >= 0.6 is 0 Å². The average Bonchev–Trinajstić information content (AvgIpc) is 3.00. The van der Waals surface area contributed by atoms with Crippen molar-refractivity contribution in [3.8, 4) is 0 Å². The van der Waals surface area contributed by atoms with Crippen LogP contribution in [0.1, 0.15) is 98.8 Å². The Labute approximate surface area is 185 Å². The van der Waals surface area contributed by atoms with Crippen molar-refractivity contribution in [1.82, 2.24) is 0 Å². The zero-order valence-electron chi connectivity index (χ0n) is 20.2. The van der Waals surface area contributed by atoms with Gasteiger partial charge in [0.25, 0.3) is 0 Å². The molecule has 0 saturated heterocycles. The van der Waals surface area contributed by atoms with Gasteiger partial charge in [0.15, 0.2) is 0 Å². The molecule has 3 saturated carbocycles. The molecule has 0 aromatic rings. The lowest BCUT2D eigenvalue weighted by Gasteiger charge is -2.59. The molecule has 0 bridgehead atoms. The monoisotopic (exact) mass is 420 g/mol. The van der Waals surface area contributed by atoms with Gasteiger partial charge in [-0.15, -0.1) is 0 Å². The molecule has 0 aliphatic heterocycles. The third kappa shape index (κ3) is 3.92. The zero-order chi connectivity index (χ0) is 21.0. The Hall–Kier alpha value is -0.380. The van der Waals surface area contributed by atoms with Crippen LogP contribution in [-0.2, 0) is 0 Å². The number of rotatable bonds is 5. The lowest BCUT2D eigenvalue weighted by Crippen LogP contribution is -2.54. The van der Waals surface area contributed by atoms with Crippen LogP contribution in [0.3, 0.4) is 0 Å². The van der Waals surface area contributed by atoms with E-state index in [0.29, 0.717) is 23.2 Å². The smallest absolute Gasteiger partial charge is 0.0757 e.